The van der Waals surface area contributed by atoms with Crippen molar-refractivity contribution in [2.24, 2.45) is 0 Å². The van der Waals surface area contributed by atoms with Gasteiger partial charge >= 0.3 is 12.2 Å². The van der Waals surface area contributed by atoms with E-state index in [9.17, 15) is 18.0 Å². The predicted molar refractivity (Wildman–Crippen MR) is 108 cm³/mol. The number of pyridine rings is 2. The van der Waals surface area contributed by atoms with Crippen LogP contribution < -0.4 is 10.2 Å². The van der Waals surface area contributed by atoms with Gasteiger partial charge in [0, 0.05) is 18.3 Å². The number of benzene rings is 1. The minimum atomic E-state index is -4.43. The van der Waals surface area contributed by atoms with Crippen LogP contribution >= 0.6 is 0 Å². The molecular formula is C22H19F3N4O. The van der Waals surface area contributed by atoms with Crippen LogP contribution in [0.5, 0.6) is 0 Å². The van der Waals surface area contributed by atoms with Crippen LogP contribution in [0.1, 0.15) is 24.0 Å². The molecule has 2 aromatic heterocycles. The van der Waals surface area contributed by atoms with Gasteiger partial charge in [0.25, 0.3) is 0 Å². The molecule has 0 unspecified atom stereocenters. The van der Waals surface area contributed by atoms with Gasteiger partial charge in [-0.2, -0.15) is 13.2 Å². The van der Waals surface area contributed by atoms with Gasteiger partial charge in [-0.05, 0) is 55.2 Å². The molecule has 1 aromatic carbocycles. The zero-order valence-electron chi connectivity index (χ0n) is 16.0. The molecule has 3 heterocycles. The van der Waals surface area contributed by atoms with Crippen LogP contribution in [-0.2, 0) is 12.6 Å². The summed E-state index contributed by atoms with van der Waals surface area (Å²) in [5, 5.41) is 2.76. The molecular weight excluding hydrogens is 393 g/mol. The smallest absolute Gasteiger partial charge is 0.292 e. The third kappa shape index (κ3) is 4.27. The maximum Gasteiger partial charge on any atom is 0.416 e. The second-order valence-electron chi connectivity index (χ2n) is 7.01. The third-order valence-electron chi connectivity index (χ3n) is 4.92. The molecule has 5 nitrogen and oxygen atoms in total. The molecule has 1 aliphatic heterocycles. The standard InChI is InChI=1S/C22H19F3N4O/c23-22(24,25)17-8-5-7-16(14-17)18-11-10-15-6-2-4-13-29(20(15)27-18)21(30)28-19-9-1-3-12-26-19/h1,3,5,7-12,14H,2,4,6,13H2,(H,26,28,30). The van der Waals surface area contributed by atoms with Crippen molar-refractivity contribution >= 4 is 17.7 Å². The SMILES string of the molecule is O=C(Nc1ccccn1)N1CCCCc2ccc(-c3cccc(C(F)(F)F)c3)nc21. The lowest BCUT2D eigenvalue weighted by Crippen LogP contribution is -2.36. The monoisotopic (exact) mass is 412 g/mol. The molecule has 0 fully saturated rings. The largest absolute Gasteiger partial charge is 0.416 e. The van der Waals surface area contributed by atoms with E-state index in [0.717, 1.165) is 37.0 Å². The Morgan fingerprint density at radius 3 is 2.67 bits per heavy atom. The summed E-state index contributed by atoms with van der Waals surface area (Å²) in [6.07, 6.45) is -0.416. The number of halogens is 3. The number of nitrogens with one attached hydrogen (secondary N) is 1. The molecule has 0 saturated heterocycles. The van der Waals surface area contributed by atoms with Gasteiger partial charge in [-0.3, -0.25) is 10.2 Å². The molecule has 8 heteroatoms. The first-order valence-electron chi connectivity index (χ1n) is 9.59. The summed E-state index contributed by atoms with van der Waals surface area (Å²) >= 11 is 0. The number of anilines is 2. The summed E-state index contributed by atoms with van der Waals surface area (Å²) in [5.41, 5.74) is 0.889. The second kappa shape index (κ2) is 8.14. The lowest BCUT2D eigenvalue weighted by atomic mass is 10.0. The van der Waals surface area contributed by atoms with Gasteiger partial charge in [0.1, 0.15) is 11.6 Å². The number of nitrogens with zero attached hydrogens (tertiary/aromatic N) is 3. The number of carbonyl (C=O) groups is 1. The van der Waals surface area contributed by atoms with Crippen molar-refractivity contribution in [2.45, 2.75) is 25.4 Å². The van der Waals surface area contributed by atoms with E-state index >= 15 is 0 Å². The third-order valence-corrected chi connectivity index (χ3v) is 4.92. The molecule has 3 aromatic rings. The second-order valence-corrected chi connectivity index (χ2v) is 7.01. The molecule has 2 amide bonds. The van der Waals surface area contributed by atoms with E-state index in [4.69, 9.17) is 0 Å². The Labute approximate surface area is 171 Å². The zero-order valence-corrected chi connectivity index (χ0v) is 16.0. The minimum absolute atomic E-state index is 0.349. The highest BCUT2D eigenvalue weighted by atomic mass is 19.4. The van der Waals surface area contributed by atoms with Crippen LogP contribution in [0.4, 0.5) is 29.6 Å². The van der Waals surface area contributed by atoms with Crippen molar-refractivity contribution in [1.29, 1.82) is 0 Å². The predicted octanol–water partition coefficient (Wildman–Crippen LogP) is 5.54. The van der Waals surface area contributed by atoms with Gasteiger partial charge in [-0.1, -0.05) is 24.3 Å². The Kier molecular flexibility index (Phi) is 5.39. The molecule has 0 radical (unpaired) electrons. The Morgan fingerprint density at radius 1 is 1.03 bits per heavy atom. The molecule has 0 saturated carbocycles. The maximum atomic E-state index is 13.1. The summed E-state index contributed by atoms with van der Waals surface area (Å²) in [4.78, 5) is 23.1. The van der Waals surface area contributed by atoms with E-state index in [1.54, 1.807) is 36.5 Å². The van der Waals surface area contributed by atoms with Crippen molar-refractivity contribution in [3.05, 3.63) is 71.9 Å². The van der Waals surface area contributed by atoms with E-state index in [1.165, 1.54) is 11.0 Å². The Hall–Kier alpha value is -3.42. The number of carbonyl (C=O) groups excluding carboxylic acids is 1. The molecule has 0 spiro atoms. The van der Waals surface area contributed by atoms with E-state index in [1.807, 2.05) is 6.07 Å². The Morgan fingerprint density at radius 2 is 1.90 bits per heavy atom. The highest BCUT2D eigenvalue weighted by Gasteiger charge is 2.31. The van der Waals surface area contributed by atoms with E-state index in [-0.39, 0.29) is 6.03 Å². The molecule has 30 heavy (non-hydrogen) atoms. The molecule has 0 atom stereocenters. The summed E-state index contributed by atoms with van der Waals surface area (Å²) in [5.74, 6) is 0.887. The lowest BCUT2D eigenvalue weighted by Gasteiger charge is -2.22. The lowest BCUT2D eigenvalue weighted by molar-refractivity contribution is -0.137. The van der Waals surface area contributed by atoms with Crippen molar-refractivity contribution in [2.75, 3.05) is 16.8 Å². The molecule has 154 valence electrons. The number of aromatic nitrogens is 2. The van der Waals surface area contributed by atoms with Gasteiger partial charge in [0.05, 0.1) is 11.3 Å². The van der Waals surface area contributed by atoms with Gasteiger partial charge in [-0.15, -0.1) is 0 Å². The van der Waals surface area contributed by atoms with E-state index < -0.39 is 11.7 Å². The van der Waals surface area contributed by atoms with Crippen LogP contribution in [-0.4, -0.2) is 22.5 Å². The zero-order chi connectivity index (χ0) is 21.1. The van der Waals surface area contributed by atoms with Crippen molar-refractivity contribution in [3.63, 3.8) is 0 Å². The number of urea groups is 1. The Bertz CT molecular complexity index is 1050. The number of hydrogen-bond acceptors (Lipinski definition) is 3. The van der Waals surface area contributed by atoms with Crippen LogP contribution in [0.15, 0.2) is 60.8 Å². The molecule has 4 rings (SSSR count). The number of alkyl halides is 3. The molecule has 1 aliphatic rings. The summed E-state index contributed by atoms with van der Waals surface area (Å²) in [6.45, 7) is 0.463. The number of amides is 2. The fraction of sp³-hybridized carbons (Fsp3) is 0.227. The van der Waals surface area contributed by atoms with E-state index in [0.29, 0.717) is 29.4 Å². The molecule has 1 N–H and O–H groups in total. The number of hydrogen-bond donors (Lipinski definition) is 1. The average Bonchev–Trinajstić information content (AvgIpc) is 2.96. The first-order chi connectivity index (χ1) is 14.4. The topological polar surface area (TPSA) is 58.1 Å². The minimum Gasteiger partial charge on any atom is -0.292 e. The molecule has 0 bridgehead atoms. The van der Waals surface area contributed by atoms with Gasteiger partial charge in [0.2, 0.25) is 0 Å². The van der Waals surface area contributed by atoms with Crippen molar-refractivity contribution < 1.29 is 18.0 Å². The van der Waals surface area contributed by atoms with Crippen molar-refractivity contribution in [3.8, 4) is 11.3 Å². The van der Waals surface area contributed by atoms with Crippen LogP contribution in [0, 0.1) is 0 Å². The quantitative estimate of drug-likeness (QED) is 0.602. The Balaban J connectivity index is 1.69. The fourth-order valence-corrected chi connectivity index (χ4v) is 3.42. The first kappa shape index (κ1) is 19.9. The van der Waals surface area contributed by atoms with E-state index in [2.05, 4.69) is 15.3 Å². The number of rotatable bonds is 2. The maximum absolute atomic E-state index is 13.1. The highest BCUT2D eigenvalue weighted by Crippen LogP contribution is 2.33. The van der Waals surface area contributed by atoms with Crippen molar-refractivity contribution in [1.82, 2.24) is 9.97 Å². The van der Waals surface area contributed by atoms with Crippen LogP contribution in [0.2, 0.25) is 0 Å². The normalized spacial score (nSPS) is 14.0. The van der Waals surface area contributed by atoms with Gasteiger partial charge in [-0.25, -0.2) is 14.8 Å². The van der Waals surface area contributed by atoms with Gasteiger partial charge < -0.3 is 0 Å². The van der Waals surface area contributed by atoms with Gasteiger partial charge in [0.15, 0.2) is 0 Å². The summed E-state index contributed by atoms with van der Waals surface area (Å²) < 4.78 is 39.3. The molecule has 0 aliphatic carbocycles. The summed E-state index contributed by atoms with van der Waals surface area (Å²) in [6, 6.07) is 13.4. The summed E-state index contributed by atoms with van der Waals surface area (Å²) in [7, 11) is 0. The average molecular weight is 412 g/mol. The number of aryl methyl sites for hydroxylation is 1. The highest BCUT2D eigenvalue weighted by molar-refractivity contribution is 6.01. The first-order valence-corrected chi connectivity index (χ1v) is 9.59. The van der Waals surface area contributed by atoms with Crippen LogP contribution in [0.3, 0.4) is 0 Å². The van der Waals surface area contributed by atoms with Crippen LogP contribution in [0.25, 0.3) is 11.3 Å². The fourth-order valence-electron chi connectivity index (χ4n) is 3.42. The number of fused-ring (bicyclic) bond motifs is 1.